The molecule has 132 valence electrons. The Labute approximate surface area is 154 Å². The first-order chi connectivity index (χ1) is 10.1. The SMILES string of the molecule is Cc1csc(N2CCC(C(=O)NCC(N)C3CC3)CC2)n1.Cl.Cl. The third-order valence-electron chi connectivity index (χ3n) is 4.48. The van der Waals surface area contributed by atoms with Crippen molar-refractivity contribution in [3.8, 4) is 0 Å². The van der Waals surface area contributed by atoms with E-state index in [9.17, 15) is 4.79 Å². The third-order valence-corrected chi connectivity index (χ3v) is 5.50. The Kier molecular flexibility index (Phi) is 8.07. The minimum absolute atomic E-state index is 0. The van der Waals surface area contributed by atoms with Crippen LogP contribution in [-0.2, 0) is 4.79 Å². The molecule has 0 spiro atoms. The molecule has 0 bridgehead atoms. The van der Waals surface area contributed by atoms with Crippen molar-refractivity contribution in [1.29, 1.82) is 0 Å². The average Bonchev–Trinajstić information content (AvgIpc) is 3.26. The van der Waals surface area contributed by atoms with Crippen molar-refractivity contribution in [2.45, 2.75) is 38.6 Å². The molecule has 1 atom stereocenters. The van der Waals surface area contributed by atoms with Crippen LogP contribution in [0.25, 0.3) is 0 Å². The normalized spacial score (nSPS) is 19.5. The van der Waals surface area contributed by atoms with Crippen LogP contribution in [0.3, 0.4) is 0 Å². The van der Waals surface area contributed by atoms with Crippen LogP contribution in [0, 0.1) is 18.8 Å². The van der Waals surface area contributed by atoms with E-state index in [0.717, 1.165) is 36.8 Å². The summed E-state index contributed by atoms with van der Waals surface area (Å²) in [6.07, 6.45) is 4.26. The molecule has 1 aliphatic carbocycles. The highest BCUT2D eigenvalue weighted by molar-refractivity contribution is 7.13. The molecule has 1 amide bonds. The Bertz CT molecular complexity index is 501. The third kappa shape index (κ3) is 5.48. The minimum Gasteiger partial charge on any atom is -0.354 e. The summed E-state index contributed by atoms with van der Waals surface area (Å²) < 4.78 is 0. The lowest BCUT2D eigenvalue weighted by Crippen LogP contribution is -2.44. The van der Waals surface area contributed by atoms with Gasteiger partial charge in [0.05, 0.1) is 5.69 Å². The Morgan fingerprint density at radius 1 is 1.39 bits per heavy atom. The number of hydrogen-bond acceptors (Lipinski definition) is 5. The molecule has 23 heavy (non-hydrogen) atoms. The quantitative estimate of drug-likeness (QED) is 0.822. The van der Waals surface area contributed by atoms with Gasteiger partial charge in [-0.25, -0.2) is 4.98 Å². The molecule has 3 N–H and O–H groups in total. The summed E-state index contributed by atoms with van der Waals surface area (Å²) in [5.74, 6) is 0.954. The van der Waals surface area contributed by atoms with Crippen molar-refractivity contribution in [2.24, 2.45) is 17.6 Å². The molecule has 1 aliphatic heterocycles. The number of anilines is 1. The molecular weight excluding hydrogens is 355 g/mol. The van der Waals surface area contributed by atoms with Crippen molar-refractivity contribution in [2.75, 3.05) is 24.5 Å². The Hall–Kier alpha value is -0.560. The number of piperidine rings is 1. The molecule has 2 aliphatic rings. The minimum atomic E-state index is 0. The number of halogens is 2. The molecule has 5 nitrogen and oxygen atoms in total. The average molecular weight is 381 g/mol. The molecule has 1 saturated heterocycles. The largest absolute Gasteiger partial charge is 0.354 e. The molecule has 2 heterocycles. The monoisotopic (exact) mass is 380 g/mol. The number of aryl methyl sites for hydroxylation is 1. The van der Waals surface area contributed by atoms with Crippen LogP contribution in [0.15, 0.2) is 5.38 Å². The summed E-state index contributed by atoms with van der Waals surface area (Å²) in [4.78, 5) is 19.0. The van der Waals surface area contributed by atoms with Gasteiger partial charge in [-0.1, -0.05) is 0 Å². The number of carbonyl (C=O) groups excluding carboxylic acids is 1. The van der Waals surface area contributed by atoms with Gasteiger partial charge in [0.15, 0.2) is 5.13 Å². The number of nitrogens with one attached hydrogen (secondary N) is 1. The van der Waals surface area contributed by atoms with Crippen molar-refractivity contribution in [3.05, 3.63) is 11.1 Å². The molecule has 3 rings (SSSR count). The number of rotatable bonds is 5. The number of aromatic nitrogens is 1. The fourth-order valence-electron chi connectivity index (χ4n) is 2.87. The molecule has 0 radical (unpaired) electrons. The first kappa shape index (κ1) is 20.5. The second kappa shape index (κ2) is 9.06. The van der Waals surface area contributed by atoms with Gasteiger partial charge in [-0.3, -0.25) is 4.79 Å². The summed E-state index contributed by atoms with van der Waals surface area (Å²) in [6, 6.07) is 0.146. The van der Waals surface area contributed by atoms with Gasteiger partial charge in [0.1, 0.15) is 0 Å². The maximum absolute atomic E-state index is 12.2. The summed E-state index contributed by atoms with van der Waals surface area (Å²) in [7, 11) is 0. The van der Waals surface area contributed by atoms with Crippen LogP contribution in [0.1, 0.15) is 31.4 Å². The van der Waals surface area contributed by atoms with Crippen LogP contribution in [0.5, 0.6) is 0 Å². The smallest absolute Gasteiger partial charge is 0.223 e. The van der Waals surface area contributed by atoms with Gasteiger partial charge in [-0.15, -0.1) is 36.2 Å². The van der Waals surface area contributed by atoms with E-state index in [1.807, 2.05) is 6.92 Å². The number of carbonyl (C=O) groups is 1. The lowest BCUT2D eigenvalue weighted by atomic mass is 9.96. The van der Waals surface area contributed by atoms with Gasteiger partial charge >= 0.3 is 0 Å². The molecular formula is C15H26Cl2N4OS. The highest BCUT2D eigenvalue weighted by Gasteiger charge is 2.30. The van der Waals surface area contributed by atoms with E-state index in [-0.39, 0.29) is 42.7 Å². The van der Waals surface area contributed by atoms with Gasteiger partial charge in [0.2, 0.25) is 5.91 Å². The van der Waals surface area contributed by atoms with E-state index in [1.165, 1.54) is 12.8 Å². The molecule has 0 aromatic carbocycles. The van der Waals surface area contributed by atoms with Crippen LogP contribution in [0.2, 0.25) is 0 Å². The zero-order valence-corrected chi connectivity index (χ0v) is 15.8. The zero-order chi connectivity index (χ0) is 14.8. The van der Waals surface area contributed by atoms with Crippen molar-refractivity contribution in [1.82, 2.24) is 10.3 Å². The maximum Gasteiger partial charge on any atom is 0.223 e. The summed E-state index contributed by atoms with van der Waals surface area (Å²) >= 11 is 1.69. The van der Waals surface area contributed by atoms with E-state index in [2.05, 4.69) is 20.6 Å². The molecule has 2 fully saturated rings. The first-order valence-electron chi connectivity index (χ1n) is 7.84. The Morgan fingerprint density at radius 2 is 2.04 bits per heavy atom. The summed E-state index contributed by atoms with van der Waals surface area (Å²) in [5.41, 5.74) is 7.10. The van der Waals surface area contributed by atoms with Gasteiger partial charge in [0.25, 0.3) is 0 Å². The van der Waals surface area contributed by atoms with Crippen LogP contribution >= 0.6 is 36.2 Å². The second-order valence-corrected chi connectivity index (χ2v) is 7.12. The van der Waals surface area contributed by atoms with Crippen LogP contribution in [0.4, 0.5) is 5.13 Å². The van der Waals surface area contributed by atoms with Gasteiger partial charge in [-0.2, -0.15) is 0 Å². The molecule has 8 heteroatoms. The maximum atomic E-state index is 12.2. The highest BCUT2D eigenvalue weighted by Crippen LogP contribution is 2.31. The van der Waals surface area contributed by atoms with E-state index >= 15 is 0 Å². The molecule has 1 unspecified atom stereocenters. The van der Waals surface area contributed by atoms with E-state index in [1.54, 1.807) is 11.3 Å². The van der Waals surface area contributed by atoms with Crippen molar-refractivity contribution in [3.63, 3.8) is 0 Å². The van der Waals surface area contributed by atoms with E-state index in [4.69, 9.17) is 5.73 Å². The van der Waals surface area contributed by atoms with E-state index in [0.29, 0.717) is 12.5 Å². The Balaban J connectivity index is 0.00000132. The summed E-state index contributed by atoms with van der Waals surface area (Å²) in [6.45, 7) is 4.48. The Morgan fingerprint density at radius 3 is 2.57 bits per heavy atom. The standard InChI is InChI=1S/C15H24N4OS.2ClH/c1-10-9-21-15(18-10)19-6-4-12(5-7-19)14(20)17-8-13(16)11-2-3-11;;/h9,11-13H,2-8,16H2,1H3,(H,17,20);2*1H. The fourth-order valence-corrected chi connectivity index (χ4v) is 3.73. The fraction of sp³-hybridized carbons (Fsp3) is 0.733. The van der Waals surface area contributed by atoms with Gasteiger partial charge in [0, 0.05) is 37.0 Å². The first-order valence-corrected chi connectivity index (χ1v) is 8.72. The number of thiazole rings is 1. The predicted molar refractivity (Wildman–Crippen MR) is 100.0 cm³/mol. The number of nitrogens with two attached hydrogens (primary N) is 1. The second-order valence-electron chi connectivity index (χ2n) is 6.28. The van der Waals surface area contributed by atoms with Crippen molar-refractivity contribution < 1.29 is 4.79 Å². The topological polar surface area (TPSA) is 71.2 Å². The number of amides is 1. The van der Waals surface area contributed by atoms with Gasteiger partial charge < -0.3 is 16.0 Å². The molecule has 1 saturated carbocycles. The molecule has 1 aromatic heterocycles. The highest BCUT2D eigenvalue weighted by atomic mass is 35.5. The van der Waals surface area contributed by atoms with Crippen LogP contribution in [-0.4, -0.2) is 36.6 Å². The number of hydrogen-bond donors (Lipinski definition) is 2. The van der Waals surface area contributed by atoms with Crippen molar-refractivity contribution >= 4 is 47.2 Å². The lowest BCUT2D eigenvalue weighted by Gasteiger charge is -2.31. The number of nitrogens with zero attached hydrogens (tertiary/aromatic N) is 2. The predicted octanol–water partition coefficient (Wildman–Crippen LogP) is 2.37. The zero-order valence-electron chi connectivity index (χ0n) is 13.4. The molecule has 1 aromatic rings. The summed E-state index contributed by atoms with van der Waals surface area (Å²) in [5, 5.41) is 6.20. The van der Waals surface area contributed by atoms with E-state index < -0.39 is 0 Å². The van der Waals surface area contributed by atoms with Crippen LogP contribution < -0.4 is 16.0 Å². The lowest BCUT2D eigenvalue weighted by molar-refractivity contribution is -0.125. The van der Waals surface area contributed by atoms with Gasteiger partial charge in [-0.05, 0) is 38.5 Å².